The van der Waals surface area contributed by atoms with E-state index in [1.54, 1.807) is 4.57 Å². The van der Waals surface area contributed by atoms with Crippen LogP contribution in [-0.4, -0.2) is 32.1 Å². The van der Waals surface area contributed by atoms with Crippen LogP contribution in [0.2, 0.25) is 0 Å². The maximum absolute atomic E-state index is 11.7. The lowest BCUT2D eigenvalue weighted by Crippen LogP contribution is -2.10. The van der Waals surface area contributed by atoms with Gasteiger partial charge in [0.1, 0.15) is 0 Å². The number of hydrogen-bond donors (Lipinski definition) is 0. The van der Waals surface area contributed by atoms with Crippen LogP contribution >= 0.6 is 0 Å². The Morgan fingerprint density at radius 3 is 2.72 bits per heavy atom. The van der Waals surface area contributed by atoms with Gasteiger partial charge in [0.25, 0.3) is 0 Å². The normalized spacial score (nSPS) is 10.3. The monoisotopic (exact) mass is 256 g/mol. The fraction of sp³-hybridized carbons (Fsp3) is 0.231. The minimum Gasteiger partial charge on any atom is -0.622 e. The summed E-state index contributed by atoms with van der Waals surface area (Å²) in [4.78, 5) is 16.0. The number of para-hydroxylation sites is 1. The standard InChI is InChI=1S/C13H14N2O2.Al/c1-2-6-10-9-15(12(14-10)13(16)17)11-7-4-3-5-8-11;/h3-5,7-9H,2,6H2,1H3,(H,16,17);/q;+1/p-1. The molecule has 2 radical (unpaired) electrons. The third-order valence-corrected chi connectivity index (χ3v) is 2.80. The zero-order chi connectivity index (χ0) is 13.0. The highest BCUT2D eigenvalue weighted by Crippen LogP contribution is 2.14. The molecule has 5 heteroatoms. The van der Waals surface area contributed by atoms with Crippen molar-refractivity contribution >= 4 is 22.6 Å². The van der Waals surface area contributed by atoms with Crippen molar-refractivity contribution in [3.63, 3.8) is 0 Å². The maximum Gasteiger partial charge on any atom is 0.485 e. The molecule has 90 valence electrons. The van der Waals surface area contributed by atoms with Crippen LogP contribution in [-0.2, 0) is 10.2 Å². The molecule has 1 aromatic heterocycles. The molecule has 18 heavy (non-hydrogen) atoms. The van der Waals surface area contributed by atoms with Gasteiger partial charge < -0.3 is 3.79 Å². The van der Waals surface area contributed by atoms with Gasteiger partial charge in [0.2, 0.25) is 5.82 Å². The van der Waals surface area contributed by atoms with Crippen molar-refractivity contribution in [1.82, 2.24) is 9.55 Å². The van der Waals surface area contributed by atoms with Gasteiger partial charge in [-0.1, -0.05) is 31.5 Å². The summed E-state index contributed by atoms with van der Waals surface area (Å²) in [5.41, 5.74) is 1.80. The minimum absolute atomic E-state index is 0.305. The minimum atomic E-state index is -0.453. The van der Waals surface area contributed by atoms with Gasteiger partial charge in [0.15, 0.2) is 0 Å². The average molecular weight is 256 g/mol. The summed E-state index contributed by atoms with van der Waals surface area (Å²) in [6.45, 7) is 2.08. The molecule has 0 aliphatic rings. The first-order chi connectivity index (χ1) is 8.76. The van der Waals surface area contributed by atoms with Gasteiger partial charge >= 0.3 is 22.6 Å². The van der Waals surface area contributed by atoms with E-state index in [0.29, 0.717) is 5.82 Å². The number of hydrogen-bond acceptors (Lipinski definition) is 3. The first kappa shape index (κ1) is 12.9. The van der Waals surface area contributed by atoms with Crippen LogP contribution in [0.15, 0.2) is 36.5 Å². The number of benzene rings is 1. The molecule has 0 bridgehead atoms. The van der Waals surface area contributed by atoms with E-state index in [9.17, 15) is 4.79 Å². The fourth-order valence-corrected chi connectivity index (χ4v) is 1.89. The number of aryl methyl sites for hydroxylation is 1. The lowest BCUT2D eigenvalue weighted by Gasteiger charge is -2.06. The first-order valence-electron chi connectivity index (χ1n) is 5.81. The third-order valence-electron chi connectivity index (χ3n) is 2.59. The molecule has 0 atom stereocenters. The molecule has 2 aromatic rings. The Kier molecular flexibility index (Phi) is 4.19. The second-order valence-corrected chi connectivity index (χ2v) is 4.15. The SMILES string of the molecule is CCCc1cn(-c2ccccc2)c(C(=O)[O][Al])n1. The van der Waals surface area contributed by atoms with Crippen molar-refractivity contribution in [1.29, 1.82) is 0 Å². The van der Waals surface area contributed by atoms with E-state index in [4.69, 9.17) is 0 Å². The number of imidazole rings is 1. The molecule has 4 nitrogen and oxygen atoms in total. The Labute approximate surface area is 114 Å². The van der Waals surface area contributed by atoms with E-state index < -0.39 is 5.97 Å². The number of rotatable bonds is 4. The summed E-state index contributed by atoms with van der Waals surface area (Å²) in [5, 5.41) is 0. The summed E-state index contributed by atoms with van der Waals surface area (Å²) in [6, 6.07) is 9.63. The number of nitrogens with zero attached hydrogens (tertiary/aromatic N) is 2. The van der Waals surface area contributed by atoms with E-state index in [1.807, 2.05) is 53.2 Å². The number of aromatic nitrogens is 2. The fourth-order valence-electron chi connectivity index (χ4n) is 1.79. The smallest absolute Gasteiger partial charge is 0.485 e. The van der Waals surface area contributed by atoms with Crippen LogP contribution in [0.1, 0.15) is 29.7 Å². The highest BCUT2D eigenvalue weighted by molar-refractivity contribution is 6.08. The summed E-state index contributed by atoms with van der Waals surface area (Å²) in [6.07, 6.45) is 3.72. The van der Waals surface area contributed by atoms with Crippen molar-refractivity contribution in [3.05, 3.63) is 48.0 Å². The lowest BCUT2D eigenvalue weighted by atomic mass is 10.3. The molecule has 0 amide bonds. The molecule has 1 aromatic carbocycles. The van der Waals surface area contributed by atoms with Crippen molar-refractivity contribution in [2.24, 2.45) is 0 Å². The van der Waals surface area contributed by atoms with Crippen LogP contribution in [0.5, 0.6) is 0 Å². The molecule has 0 aliphatic carbocycles. The van der Waals surface area contributed by atoms with Crippen LogP contribution in [0.4, 0.5) is 0 Å². The van der Waals surface area contributed by atoms with E-state index in [1.165, 1.54) is 0 Å². The Hall–Kier alpha value is -1.57. The molecular weight excluding hydrogens is 243 g/mol. The maximum atomic E-state index is 11.7. The van der Waals surface area contributed by atoms with E-state index in [0.717, 1.165) is 24.2 Å². The topological polar surface area (TPSA) is 44.1 Å². The van der Waals surface area contributed by atoms with Gasteiger partial charge in [-0.05, 0) is 18.6 Å². The molecule has 0 saturated heterocycles. The quantitative estimate of drug-likeness (QED) is 0.786. The zero-order valence-corrected chi connectivity index (χ0v) is 11.3. The van der Waals surface area contributed by atoms with E-state index in [-0.39, 0.29) is 0 Å². The van der Waals surface area contributed by atoms with Crippen LogP contribution < -0.4 is 0 Å². The first-order valence-corrected chi connectivity index (χ1v) is 6.28. The van der Waals surface area contributed by atoms with Crippen LogP contribution in [0, 0.1) is 0 Å². The van der Waals surface area contributed by atoms with Gasteiger partial charge in [-0.2, -0.15) is 0 Å². The highest BCUT2D eigenvalue weighted by Gasteiger charge is 2.15. The largest absolute Gasteiger partial charge is 0.622 e. The van der Waals surface area contributed by atoms with E-state index in [2.05, 4.69) is 15.7 Å². The van der Waals surface area contributed by atoms with E-state index >= 15 is 0 Å². The number of carbonyl (C=O) groups is 1. The van der Waals surface area contributed by atoms with Gasteiger partial charge in [-0.15, -0.1) is 0 Å². The summed E-state index contributed by atoms with van der Waals surface area (Å²) in [5.74, 6) is -0.147. The van der Waals surface area contributed by atoms with Gasteiger partial charge in [-0.3, -0.25) is 4.57 Å². The molecule has 0 spiro atoms. The molecule has 1 heterocycles. The summed E-state index contributed by atoms with van der Waals surface area (Å²) >= 11 is 1.96. The summed E-state index contributed by atoms with van der Waals surface area (Å²) < 4.78 is 6.45. The molecule has 0 N–H and O–H groups in total. The second-order valence-electron chi connectivity index (χ2n) is 3.92. The Morgan fingerprint density at radius 2 is 2.11 bits per heavy atom. The van der Waals surface area contributed by atoms with Crippen LogP contribution in [0.25, 0.3) is 5.69 Å². The predicted molar refractivity (Wildman–Crippen MR) is 68.7 cm³/mol. The average Bonchev–Trinajstić information content (AvgIpc) is 2.83. The van der Waals surface area contributed by atoms with Gasteiger partial charge in [0, 0.05) is 11.9 Å². The number of carbonyl (C=O) groups excluding carboxylic acids is 1. The van der Waals surface area contributed by atoms with Gasteiger partial charge in [-0.25, -0.2) is 9.78 Å². The van der Waals surface area contributed by atoms with Crippen LogP contribution in [0.3, 0.4) is 0 Å². The molecular formula is C13H13AlN2O2. The molecule has 0 unspecified atom stereocenters. The predicted octanol–water partition coefficient (Wildman–Crippen LogP) is 2.07. The molecule has 2 rings (SSSR count). The Bertz CT molecular complexity index is 537. The Morgan fingerprint density at radius 1 is 1.39 bits per heavy atom. The third kappa shape index (κ3) is 2.64. The molecule has 0 saturated carbocycles. The van der Waals surface area contributed by atoms with Gasteiger partial charge in [0.05, 0.1) is 5.69 Å². The van der Waals surface area contributed by atoms with Crippen molar-refractivity contribution < 1.29 is 8.58 Å². The molecule has 0 fully saturated rings. The zero-order valence-electron chi connectivity index (χ0n) is 10.2. The highest BCUT2D eigenvalue weighted by atomic mass is 27.1. The molecule has 0 aliphatic heterocycles. The Balaban J connectivity index is 2.47. The summed E-state index contributed by atoms with van der Waals surface area (Å²) in [7, 11) is 0. The second kappa shape index (κ2) is 5.85. The lowest BCUT2D eigenvalue weighted by molar-refractivity contribution is 0.0735. The van der Waals surface area contributed by atoms with Crippen molar-refractivity contribution in [3.8, 4) is 5.69 Å². The van der Waals surface area contributed by atoms with Crippen molar-refractivity contribution in [2.45, 2.75) is 19.8 Å². The van der Waals surface area contributed by atoms with Crippen molar-refractivity contribution in [2.75, 3.05) is 0 Å².